The van der Waals surface area contributed by atoms with Gasteiger partial charge in [0.1, 0.15) is 0 Å². The van der Waals surface area contributed by atoms with Gasteiger partial charge in [0.25, 0.3) is 0 Å². The van der Waals surface area contributed by atoms with Crippen LogP contribution >= 0.6 is 0 Å². The van der Waals surface area contributed by atoms with Crippen molar-refractivity contribution in [2.75, 3.05) is 20.3 Å². The van der Waals surface area contributed by atoms with Crippen molar-refractivity contribution in [3.8, 4) is 11.5 Å². The highest BCUT2D eigenvalue weighted by Crippen LogP contribution is 2.27. The minimum absolute atomic E-state index is 0.0597. The second kappa shape index (κ2) is 9.37. The maximum Gasteiger partial charge on any atom is 0.237 e. The summed E-state index contributed by atoms with van der Waals surface area (Å²) in [4.78, 5) is 12.0. The highest BCUT2D eigenvalue weighted by Gasteiger charge is 2.20. The Hall–Kier alpha value is -1.79. The van der Waals surface area contributed by atoms with Crippen LogP contribution in [0.15, 0.2) is 18.2 Å². The van der Waals surface area contributed by atoms with Gasteiger partial charge < -0.3 is 26.0 Å². The molecule has 1 aromatic rings. The molecule has 0 aromatic heterocycles. The van der Waals surface area contributed by atoms with Gasteiger partial charge in [-0.1, -0.05) is 26.3 Å². The summed E-state index contributed by atoms with van der Waals surface area (Å²) < 4.78 is 5.00. The number of hydrogen-bond acceptors (Lipinski definition) is 5. The van der Waals surface area contributed by atoms with Crippen molar-refractivity contribution in [3.63, 3.8) is 0 Å². The maximum absolute atomic E-state index is 12.0. The van der Waals surface area contributed by atoms with Gasteiger partial charge in [0.2, 0.25) is 5.91 Å². The molecule has 0 aliphatic rings. The zero-order chi connectivity index (χ0) is 17.4. The van der Waals surface area contributed by atoms with Gasteiger partial charge in [0.15, 0.2) is 11.5 Å². The number of aliphatic hydroxyl groups is 1. The first kappa shape index (κ1) is 19.3. The number of carbonyl (C=O) groups excluding carboxylic acids is 1. The largest absolute Gasteiger partial charge is 0.504 e. The standard InChI is InChI=1S/C17H28N2O4/c1-4-11(2)16(18)17(22)19-9-13(10-20)7-12-5-6-15(23-3)14(21)8-12/h5-6,8,11,13,16,20-21H,4,7,9-10,18H2,1-3H3,(H,19,22). The molecule has 0 aliphatic carbocycles. The summed E-state index contributed by atoms with van der Waals surface area (Å²) in [5, 5.41) is 22.1. The van der Waals surface area contributed by atoms with Crippen LogP contribution in [0.3, 0.4) is 0 Å². The third-order valence-electron chi connectivity index (χ3n) is 4.15. The minimum Gasteiger partial charge on any atom is -0.504 e. The Morgan fingerprint density at radius 1 is 1.43 bits per heavy atom. The molecule has 3 atom stereocenters. The fourth-order valence-corrected chi connectivity index (χ4v) is 2.27. The van der Waals surface area contributed by atoms with E-state index in [1.807, 2.05) is 19.9 Å². The monoisotopic (exact) mass is 324 g/mol. The van der Waals surface area contributed by atoms with E-state index < -0.39 is 6.04 Å². The van der Waals surface area contributed by atoms with Crippen LogP contribution in [0.25, 0.3) is 0 Å². The highest BCUT2D eigenvalue weighted by atomic mass is 16.5. The zero-order valence-corrected chi connectivity index (χ0v) is 14.1. The van der Waals surface area contributed by atoms with E-state index in [9.17, 15) is 15.0 Å². The van der Waals surface area contributed by atoms with Gasteiger partial charge in [-0.25, -0.2) is 0 Å². The number of phenols is 1. The van der Waals surface area contributed by atoms with Crippen molar-refractivity contribution in [3.05, 3.63) is 23.8 Å². The fourth-order valence-electron chi connectivity index (χ4n) is 2.27. The van der Waals surface area contributed by atoms with Crippen LogP contribution in [-0.2, 0) is 11.2 Å². The summed E-state index contributed by atoms with van der Waals surface area (Å²) in [5.41, 5.74) is 6.75. The number of aromatic hydroxyl groups is 1. The molecule has 0 saturated carbocycles. The number of carbonyl (C=O) groups is 1. The fraction of sp³-hybridized carbons (Fsp3) is 0.588. The molecule has 6 nitrogen and oxygen atoms in total. The molecule has 0 spiro atoms. The number of nitrogens with two attached hydrogens (primary N) is 1. The number of rotatable bonds is 9. The van der Waals surface area contributed by atoms with Crippen molar-refractivity contribution < 1.29 is 19.7 Å². The summed E-state index contributed by atoms with van der Waals surface area (Å²) >= 11 is 0. The van der Waals surface area contributed by atoms with Crippen molar-refractivity contribution >= 4 is 5.91 Å². The summed E-state index contributed by atoms with van der Waals surface area (Å²) in [5.74, 6) is 0.235. The normalized spacial score (nSPS) is 14.8. The SMILES string of the molecule is CCC(C)C(N)C(=O)NCC(CO)Cc1ccc(OC)c(O)c1. The molecule has 0 aliphatic heterocycles. The second-order valence-corrected chi connectivity index (χ2v) is 5.92. The van der Waals surface area contributed by atoms with Crippen LogP contribution < -0.4 is 15.8 Å². The number of ether oxygens (including phenoxy) is 1. The average molecular weight is 324 g/mol. The smallest absolute Gasteiger partial charge is 0.237 e. The molecule has 1 amide bonds. The van der Waals surface area contributed by atoms with Gasteiger partial charge in [-0.05, 0) is 30.0 Å². The van der Waals surface area contributed by atoms with Crippen molar-refractivity contribution in [1.29, 1.82) is 0 Å². The van der Waals surface area contributed by atoms with Gasteiger partial charge in [-0.2, -0.15) is 0 Å². The molecule has 3 unspecified atom stereocenters. The minimum atomic E-state index is -0.538. The lowest BCUT2D eigenvalue weighted by Crippen LogP contribution is -2.46. The third-order valence-corrected chi connectivity index (χ3v) is 4.15. The number of hydrogen-bond donors (Lipinski definition) is 4. The predicted molar refractivity (Wildman–Crippen MR) is 89.4 cm³/mol. The highest BCUT2D eigenvalue weighted by molar-refractivity contribution is 5.81. The van der Waals surface area contributed by atoms with Crippen molar-refractivity contribution in [2.45, 2.75) is 32.7 Å². The molecule has 0 saturated heterocycles. The summed E-state index contributed by atoms with van der Waals surface area (Å²) in [6.45, 7) is 4.20. The molecule has 6 heteroatoms. The van der Waals surface area contributed by atoms with Gasteiger partial charge in [-0.3, -0.25) is 4.79 Å². The van der Waals surface area contributed by atoms with Crippen LogP contribution in [0.4, 0.5) is 0 Å². The number of benzene rings is 1. The van der Waals surface area contributed by atoms with E-state index >= 15 is 0 Å². The summed E-state index contributed by atoms with van der Waals surface area (Å²) in [7, 11) is 1.49. The van der Waals surface area contributed by atoms with E-state index in [0.29, 0.717) is 18.7 Å². The van der Waals surface area contributed by atoms with Crippen LogP contribution in [0, 0.1) is 11.8 Å². The average Bonchev–Trinajstić information content (AvgIpc) is 2.56. The first-order chi connectivity index (χ1) is 10.9. The predicted octanol–water partition coefficient (Wildman–Crippen LogP) is 1.04. The van der Waals surface area contributed by atoms with E-state index in [-0.39, 0.29) is 30.1 Å². The van der Waals surface area contributed by atoms with Gasteiger partial charge >= 0.3 is 0 Å². The Morgan fingerprint density at radius 2 is 2.13 bits per heavy atom. The summed E-state index contributed by atoms with van der Waals surface area (Å²) in [6, 6.07) is 4.57. The lowest BCUT2D eigenvalue weighted by Gasteiger charge is -2.20. The van der Waals surface area contributed by atoms with Crippen LogP contribution in [0.2, 0.25) is 0 Å². The second-order valence-electron chi connectivity index (χ2n) is 5.92. The lowest BCUT2D eigenvalue weighted by atomic mass is 9.97. The lowest BCUT2D eigenvalue weighted by molar-refractivity contribution is -0.123. The van der Waals surface area contributed by atoms with Gasteiger partial charge in [-0.15, -0.1) is 0 Å². The molecule has 0 radical (unpaired) electrons. The molecule has 23 heavy (non-hydrogen) atoms. The van der Waals surface area contributed by atoms with Crippen LogP contribution in [-0.4, -0.2) is 42.4 Å². The number of amides is 1. The quantitative estimate of drug-likeness (QED) is 0.543. The third kappa shape index (κ3) is 5.73. The van der Waals surface area contributed by atoms with Gasteiger partial charge in [0.05, 0.1) is 13.2 Å². The number of methoxy groups -OCH3 is 1. The molecule has 5 N–H and O–H groups in total. The van der Waals surface area contributed by atoms with Crippen LogP contribution in [0.5, 0.6) is 11.5 Å². The van der Waals surface area contributed by atoms with E-state index in [0.717, 1.165) is 12.0 Å². The Morgan fingerprint density at radius 3 is 2.65 bits per heavy atom. The number of phenolic OH excluding ortho intramolecular Hbond substituents is 1. The Kier molecular flexibility index (Phi) is 7.85. The Balaban J connectivity index is 2.57. The Bertz CT molecular complexity index is 507. The zero-order valence-electron chi connectivity index (χ0n) is 14.1. The molecule has 1 aromatic carbocycles. The van der Waals surface area contributed by atoms with E-state index in [2.05, 4.69) is 5.32 Å². The number of nitrogens with one attached hydrogen (secondary N) is 1. The van der Waals surface area contributed by atoms with Crippen molar-refractivity contribution in [2.24, 2.45) is 17.6 Å². The molecule has 0 bridgehead atoms. The molecule has 0 fully saturated rings. The first-order valence-electron chi connectivity index (χ1n) is 7.92. The van der Waals surface area contributed by atoms with Gasteiger partial charge in [0, 0.05) is 19.1 Å². The number of aliphatic hydroxyl groups excluding tert-OH is 1. The summed E-state index contributed by atoms with van der Waals surface area (Å²) in [6.07, 6.45) is 1.37. The molecule has 130 valence electrons. The molecule has 0 heterocycles. The maximum atomic E-state index is 12.0. The topological polar surface area (TPSA) is 105 Å². The molecular weight excluding hydrogens is 296 g/mol. The molecule has 1 rings (SSSR count). The van der Waals surface area contributed by atoms with E-state index in [1.165, 1.54) is 7.11 Å². The van der Waals surface area contributed by atoms with E-state index in [1.54, 1.807) is 12.1 Å². The van der Waals surface area contributed by atoms with E-state index in [4.69, 9.17) is 10.5 Å². The first-order valence-corrected chi connectivity index (χ1v) is 7.92. The van der Waals surface area contributed by atoms with Crippen molar-refractivity contribution in [1.82, 2.24) is 5.32 Å². The van der Waals surface area contributed by atoms with Crippen LogP contribution in [0.1, 0.15) is 25.8 Å². The molecular formula is C17H28N2O4. The Labute approximate surface area is 137 Å².